The van der Waals surface area contributed by atoms with Crippen molar-refractivity contribution in [3.8, 4) is 5.75 Å². The number of allylic oxidation sites excluding steroid dienone is 2. The van der Waals surface area contributed by atoms with Gasteiger partial charge >= 0.3 is 6.09 Å². The fraction of sp³-hybridized carbons (Fsp3) is 0.393. The van der Waals surface area contributed by atoms with E-state index in [9.17, 15) is 9.59 Å². The summed E-state index contributed by atoms with van der Waals surface area (Å²) in [4.78, 5) is 30.9. The molecule has 1 N–H and O–H groups in total. The molecule has 3 rings (SSSR count). The van der Waals surface area contributed by atoms with E-state index in [1.807, 2.05) is 32.9 Å². The second-order valence-corrected chi connectivity index (χ2v) is 9.14. The van der Waals surface area contributed by atoms with E-state index < -0.39 is 0 Å². The fourth-order valence-electron chi connectivity index (χ4n) is 3.86. The SMILES string of the molecule is C/C=C\O/C(=C(\C)CC)c1cnc(C(=O)NCc2ccc(Cl)cc2)cc1OC1CCN(C(=O)OC)CC1. The summed E-state index contributed by atoms with van der Waals surface area (Å²) in [5.74, 6) is 0.831. The highest BCUT2D eigenvalue weighted by molar-refractivity contribution is 6.30. The first-order chi connectivity index (χ1) is 17.9. The summed E-state index contributed by atoms with van der Waals surface area (Å²) in [5.41, 5.74) is 2.85. The maximum atomic E-state index is 13.0. The summed E-state index contributed by atoms with van der Waals surface area (Å²) >= 11 is 5.95. The molecule has 0 aliphatic carbocycles. The Labute approximate surface area is 223 Å². The van der Waals surface area contributed by atoms with Crippen molar-refractivity contribution < 1.29 is 23.8 Å². The lowest BCUT2D eigenvalue weighted by atomic mass is 10.1. The Morgan fingerprint density at radius 2 is 1.92 bits per heavy atom. The molecule has 9 heteroatoms. The highest BCUT2D eigenvalue weighted by atomic mass is 35.5. The van der Waals surface area contributed by atoms with Gasteiger partial charge in [-0.3, -0.25) is 9.78 Å². The minimum absolute atomic E-state index is 0.142. The van der Waals surface area contributed by atoms with Gasteiger partial charge in [-0.2, -0.15) is 0 Å². The van der Waals surface area contributed by atoms with Crippen LogP contribution in [0.5, 0.6) is 5.75 Å². The first-order valence-corrected chi connectivity index (χ1v) is 12.7. The lowest BCUT2D eigenvalue weighted by Crippen LogP contribution is -2.41. The smallest absolute Gasteiger partial charge is 0.409 e. The molecule has 37 heavy (non-hydrogen) atoms. The minimum atomic E-state index is -0.341. The molecule has 2 amide bonds. The second-order valence-electron chi connectivity index (χ2n) is 8.70. The number of hydrogen-bond donors (Lipinski definition) is 1. The lowest BCUT2D eigenvalue weighted by Gasteiger charge is -2.31. The van der Waals surface area contributed by atoms with Gasteiger partial charge in [0.15, 0.2) is 0 Å². The molecule has 198 valence electrons. The van der Waals surface area contributed by atoms with E-state index in [0.717, 1.165) is 17.6 Å². The van der Waals surface area contributed by atoms with Gasteiger partial charge in [0.05, 0.1) is 18.9 Å². The molecule has 2 heterocycles. The van der Waals surface area contributed by atoms with Gasteiger partial charge in [0.2, 0.25) is 0 Å². The normalized spacial score (nSPS) is 14.8. The Balaban J connectivity index is 1.86. The summed E-state index contributed by atoms with van der Waals surface area (Å²) in [6.45, 7) is 7.30. The molecule has 0 saturated carbocycles. The van der Waals surface area contributed by atoms with Crippen molar-refractivity contribution in [3.63, 3.8) is 0 Å². The van der Waals surface area contributed by atoms with Gasteiger partial charge in [-0.05, 0) is 43.5 Å². The zero-order valence-electron chi connectivity index (χ0n) is 21.8. The Morgan fingerprint density at radius 3 is 2.54 bits per heavy atom. The molecule has 0 atom stereocenters. The molecule has 8 nitrogen and oxygen atoms in total. The van der Waals surface area contributed by atoms with Crippen LogP contribution >= 0.6 is 11.6 Å². The summed E-state index contributed by atoms with van der Waals surface area (Å²) < 4.78 is 17.2. The van der Waals surface area contributed by atoms with E-state index in [2.05, 4.69) is 10.3 Å². The van der Waals surface area contributed by atoms with E-state index in [0.29, 0.717) is 54.6 Å². The average molecular weight is 528 g/mol. The summed E-state index contributed by atoms with van der Waals surface area (Å²) in [6.07, 6.45) is 6.59. The van der Waals surface area contributed by atoms with Crippen molar-refractivity contribution in [2.24, 2.45) is 0 Å². The number of nitrogens with zero attached hydrogens (tertiary/aromatic N) is 2. The molecule has 1 saturated heterocycles. The first kappa shape index (κ1) is 28.1. The number of aromatic nitrogens is 1. The van der Waals surface area contributed by atoms with Crippen LogP contribution in [0.25, 0.3) is 5.76 Å². The molecule has 0 bridgehead atoms. The number of benzene rings is 1. The number of piperidine rings is 1. The third-order valence-electron chi connectivity index (χ3n) is 6.12. The molecule has 0 unspecified atom stereocenters. The van der Waals surface area contributed by atoms with Crippen LogP contribution < -0.4 is 10.1 Å². The van der Waals surface area contributed by atoms with Gasteiger partial charge in [0, 0.05) is 49.8 Å². The van der Waals surface area contributed by atoms with Crippen molar-refractivity contribution in [3.05, 3.63) is 76.3 Å². The van der Waals surface area contributed by atoms with E-state index in [1.54, 1.807) is 41.6 Å². The number of rotatable bonds is 9. The van der Waals surface area contributed by atoms with Crippen LogP contribution in [0.3, 0.4) is 0 Å². The first-order valence-electron chi connectivity index (χ1n) is 12.4. The third-order valence-corrected chi connectivity index (χ3v) is 6.37. The van der Waals surface area contributed by atoms with E-state index in [-0.39, 0.29) is 23.8 Å². The number of carbonyl (C=O) groups excluding carboxylic acids is 2. The molecule has 0 radical (unpaired) electrons. The zero-order valence-corrected chi connectivity index (χ0v) is 22.5. The highest BCUT2D eigenvalue weighted by Crippen LogP contribution is 2.33. The van der Waals surface area contributed by atoms with Gasteiger partial charge in [0.1, 0.15) is 23.3 Å². The molecule has 0 spiro atoms. The molecule has 1 aromatic heterocycles. The fourth-order valence-corrected chi connectivity index (χ4v) is 3.99. The van der Waals surface area contributed by atoms with Gasteiger partial charge in [-0.15, -0.1) is 0 Å². The molecule has 1 fully saturated rings. The quantitative estimate of drug-likeness (QED) is 0.404. The minimum Gasteiger partial charge on any atom is -0.489 e. The predicted octanol–water partition coefficient (Wildman–Crippen LogP) is 5.97. The summed E-state index contributed by atoms with van der Waals surface area (Å²) in [7, 11) is 1.38. The number of amides is 2. The van der Waals surface area contributed by atoms with Crippen LogP contribution in [0.2, 0.25) is 5.02 Å². The van der Waals surface area contributed by atoms with Gasteiger partial charge in [-0.25, -0.2) is 4.79 Å². The Bertz CT molecular complexity index is 1140. The molecule has 1 aliphatic rings. The van der Waals surface area contributed by atoms with E-state index >= 15 is 0 Å². The van der Waals surface area contributed by atoms with Crippen LogP contribution in [-0.2, 0) is 16.0 Å². The van der Waals surface area contributed by atoms with Crippen molar-refractivity contribution in [1.29, 1.82) is 0 Å². The van der Waals surface area contributed by atoms with Gasteiger partial charge < -0.3 is 24.4 Å². The molecule has 1 aromatic carbocycles. The van der Waals surface area contributed by atoms with Crippen LogP contribution in [0.4, 0.5) is 4.79 Å². The second kappa shape index (κ2) is 13.7. The monoisotopic (exact) mass is 527 g/mol. The molecular formula is C28H34ClN3O5. The van der Waals surface area contributed by atoms with Gasteiger partial charge in [0.25, 0.3) is 5.91 Å². The largest absolute Gasteiger partial charge is 0.489 e. The maximum Gasteiger partial charge on any atom is 0.409 e. The topological polar surface area (TPSA) is 90.0 Å². The lowest BCUT2D eigenvalue weighted by molar-refractivity contribution is 0.0785. The summed E-state index contributed by atoms with van der Waals surface area (Å²) in [5, 5.41) is 3.53. The predicted molar refractivity (Wildman–Crippen MR) is 143 cm³/mol. The van der Waals surface area contributed by atoms with Crippen LogP contribution in [0.1, 0.15) is 61.6 Å². The highest BCUT2D eigenvalue weighted by Gasteiger charge is 2.26. The van der Waals surface area contributed by atoms with Crippen LogP contribution in [0, 0.1) is 0 Å². The standard InChI is InChI=1S/C28H34ClN3O5/c1-5-15-36-26(19(3)6-2)23-18-30-24(27(33)31-17-20-7-9-21(29)10-8-20)16-25(23)37-22-11-13-32(14-12-22)28(34)35-4/h5,7-10,15-16,18,22H,6,11-14,17H2,1-4H3,(H,31,33)/b15-5-,26-19+. The number of carbonyl (C=O) groups is 2. The van der Waals surface area contributed by atoms with E-state index in [1.165, 1.54) is 7.11 Å². The molecule has 1 aliphatic heterocycles. The van der Waals surface area contributed by atoms with Crippen molar-refractivity contribution >= 4 is 29.4 Å². The number of methoxy groups -OCH3 is 1. The van der Waals surface area contributed by atoms with Crippen LogP contribution in [0.15, 0.2) is 54.4 Å². The number of halogens is 1. The van der Waals surface area contributed by atoms with Crippen LogP contribution in [-0.4, -0.2) is 48.2 Å². The van der Waals surface area contributed by atoms with E-state index in [4.69, 9.17) is 25.8 Å². The van der Waals surface area contributed by atoms with Gasteiger partial charge in [-0.1, -0.05) is 36.7 Å². The Morgan fingerprint density at radius 1 is 1.22 bits per heavy atom. The number of ether oxygens (including phenoxy) is 3. The van der Waals surface area contributed by atoms with Crippen molar-refractivity contribution in [1.82, 2.24) is 15.2 Å². The zero-order chi connectivity index (χ0) is 26.8. The van der Waals surface area contributed by atoms with Crippen molar-refractivity contribution in [2.75, 3.05) is 20.2 Å². The number of pyridine rings is 1. The third kappa shape index (κ3) is 7.73. The molecule has 2 aromatic rings. The number of nitrogens with one attached hydrogen (secondary N) is 1. The maximum absolute atomic E-state index is 13.0. The number of likely N-dealkylation sites (tertiary alicyclic amines) is 1. The Kier molecular flexibility index (Phi) is 10.4. The Hall–Kier alpha value is -3.52. The summed E-state index contributed by atoms with van der Waals surface area (Å²) in [6, 6.07) is 8.93. The average Bonchev–Trinajstić information content (AvgIpc) is 2.93. The number of hydrogen-bond acceptors (Lipinski definition) is 6. The van der Waals surface area contributed by atoms with Crippen molar-refractivity contribution in [2.45, 2.75) is 52.7 Å². The molecular weight excluding hydrogens is 494 g/mol.